The largest absolute Gasteiger partial charge is 0.480 e. The number of carboxylic acid groups (broad SMARTS) is 4. The maximum atomic E-state index is 10.8. The normalized spacial score (nSPS) is 21.0. The van der Waals surface area contributed by atoms with Crippen LogP contribution in [0.2, 0.25) is 0 Å². The Labute approximate surface area is 561 Å². The molecule has 98 heavy (non-hydrogen) atoms. The van der Waals surface area contributed by atoms with Crippen LogP contribution in [0.4, 0.5) is 0 Å². The van der Waals surface area contributed by atoms with Crippen LogP contribution in [0, 0.1) is 0 Å². The van der Waals surface area contributed by atoms with Gasteiger partial charge in [0.1, 0.15) is 92.1 Å². The standard InChI is InChI=1S/C9H17NO8.C9H21NO3.C6H9NO6.3C6H13NO5.C6H15NO3.C4H11NO3/c10-5-3(12)1-9(17,8(15)16)18-7(5)6(14)4(13)2-11;1-7(11)4-10(5-8(2)12)6-9(3)13;8-4(9)1-7(2-5(10)11)3-6(12)13;3*7-3(1-8)5(11)6(12)4(10)2-9;8-4-1-7(2-5-9)3-6-10;5-4(1-6,2-7)3-8/h3-7,11-14,17H,1-2,10H2,(H,15,16);7-9,11-13H,4-6H2,1-3H3;1-3H2,(H,8,9)(H,10,11)(H,12,13);3*1,3-6,9-12H,2,7H2;8-10H,1-6H2;6-8H,1-3,5H2/t3-,4+,5+,6+,7+,9-;;;3-,4+,5+,6+;3-,4+,5+,6-;3-,4-,5-,6-;;/m0..001../s1. The fourth-order valence-corrected chi connectivity index (χ4v) is 6.68. The number of aliphatic hydroxyl groups is 26. The lowest BCUT2D eigenvalue weighted by Gasteiger charge is -2.43. The average molecular weight is 1460 g/mol. The fourth-order valence-electron chi connectivity index (χ4n) is 6.68. The Bertz CT molecular complexity index is 1840. The zero-order chi connectivity index (χ0) is 78.6. The number of rotatable bonds is 40. The van der Waals surface area contributed by atoms with Crippen molar-refractivity contribution in [3.05, 3.63) is 0 Å². The third-order valence-corrected chi connectivity index (χ3v) is 12.2. The number of carbonyl (C=O) groups excluding carboxylic acids is 3. The van der Waals surface area contributed by atoms with Crippen LogP contribution in [0.1, 0.15) is 27.2 Å². The molecule has 0 saturated carbocycles. The lowest BCUT2D eigenvalue weighted by Crippen LogP contribution is -2.65. The van der Waals surface area contributed by atoms with E-state index in [4.69, 9.17) is 166 Å². The van der Waals surface area contributed by atoms with Crippen molar-refractivity contribution in [1.82, 2.24) is 14.7 Å². The van der Waals surface area contributed by atoms with Crippen molar-refractivity contribution in [1.29, 1.82) is 0 Å². The van der Waals surface area contributed by atoms with Gasteiger partial charge in [-0.15, -0.1) is 0 Å². The Morgan fingerprint density at radius 3 is 0.929 bits per heavy atom. The van der Waals surface area contributed by atoms with Crippen molar-refractivity contribution >= 4 is 42.7 Å². The second kappa shape index (κ2) is 61.2. The molecule has 0 aromatic carbocycles. The first-order valence-corrected chi connectivity index (χ1v) is 29.1. The van der Waals surface area contributed by atoms with Gasteiger partial charge in [0.25, 0.3) is 5.79 Å². The minimum absolute atomic E-state index is 0.0694. The summed E-state index contributed by atoms with van der Waals surface area (Å²) in [5.74, 6) is -8.23. The van der Waals surface area contributed by atoms with Gasteiger partial charge in [-0.3, -0.25) is 29.1 Å². The molecule has 588 valence electrons. The van der Waals surface area contributed by atoms with E-state index < -0.39 is 229 Å². The summed E-state index contributed by atoms with van der Waals surface area (Å²) in [5.41, 5.74) is 24.6. The number of aliphatic carboxylic acids is 4. The van der Waals surface area contributed by atoms with Crippen molar-refractivity contribution in [2.24, 2.45) is 28.7 Å². The van der Waals surface area contributed by atoms with Gasteiger partial charge in [-0.05, 0) is 20.8 Å². The smallest absolute Gasteiger partial charge is 0.364 e. The molecule has 0 aromatic rings. The number of nitrogens with zero attached hydrogens (tertiary/aromatic N) is 3. The third-order valence-electron chi connectivity index (χ3n) is 12.2. The van der Waals surface area contributed by atoms with E-state index in [0.717, 1.165) is 4.90 Å². The zero-order valence-electron chi connectivity index (χ0n) is 54.3. The molecule has 0 spiro atoms. The Hall–Kier alpha value is -4.51. The van der Waals surface area contributed by atoms with Gasteiger partial charge in [-0.25, -0.2) is 4.79 Å². The highest BCUT2D eigenvalue weighted by Gasteiger charge is 2.52. The topological polar surface area (TPSA) is 875 Å². The number of aliphatic hydroxyl groups excluding tert-OH is 25. The molecule has 1 aliphatic rings. The van der Waals surface area contributed by atoms with E-state index in [0.29, 0.717) is 39.3 Å². The molecule has 1 fully saturated rings. The van der Waals surface area contributed by atoms with Crippen molar-refractivity contribution in [3.8, 4) is 0 Å². The van der Waals surface area contributed by atoms with Gasteiger partial charge in [0, 0.05) is 45.7 Å². The van der Waals surface area contributed by atoms with E-state index in [1.807, 2.05) is 4.90 Å². The van der Waals surface area contributed by atoms with Crippen LogP contribution in [-0.2, 0) is 38.3 Å². The van der Waals surface area contributed by atoms with Gasteiger partial charge in [0.05, 0.1) is 140 Å². The molecule has 1 aliphatic heterocycles. The van der Waals surface area contributed by atoms with Crippen LogP contribution in [-0.4, -0.2) is 469 Å². The predicted molar refractivity (Wildman–Crippen MR) is 329 cm³/mol. The van der Waals surface area contributed by atoms with Crippen molar-refractivity contribution in [3.63, 3.8) is 0 Å². The van der Waals surface area contributed by atoms with E-state index in [9.17, 15) is 54.0 Å². The Balaban J connectivity index is -0.000000195. The number of hydrogen-bond acceptors (Lipinski definition) is 42. The summed E-state index contributed by atoms with van der Waals surface area (Å²) >= 11 is 0. The first-order chi connectivity index (χ1) is 45.2. The molecule has 46 nitrogen and oxygen atoms in total. The molecular formula is C52H112N8O38. The van der Waals surface area contributed by atoms with Gasteiger partial charge in [-0.1, -0.05) is 0 Å². The molecule has 1 rings (SSSR count). The number of carbonyl (C=O) groups is 7. The first kappa shape index (κ1) is 107. The summed E-state index contributed by atoms with van der Waals surface area (Å²) < 4.78 is 4.75. The van der Waals surface area contributed by atoms with Gasteiger partial charge in [0.15, 0.2) is 0 Å². The van der Waals surface area contributed by atoms with Gasteiger partial charge in [-0.2, -0.15) is 0 Å². The lowest BCUT2D eigenvalue weighted by molar-refractivity contribution is -0.292. The molecule has 40 N–H and O–H groups in total. The maximum absolute atomic E-state index is 10.8. The van der Waals surface area contributed by atoms with Crippen LogP contribution in [0.5, 0.6) is 0 Å². The molecule has 3 unspecified atom stereocenters. The van der Waals surface area contributed by atoms with Crippen molar-refractivity contribution < 1.29 is 191 Å². The van der Waals surface area contributed by atoms with E-state index in [1.54, 1.807) is 25.7 Å². The van der Waals surface area contributed by atoms with E-state index in [-0.39, 0.29) is 38.7 Å². The van der Waals surface area contributed by atoms with E-state index in [1.165, 1.54) is 0 Å². The summed E-state index contributed by atoms with van der Waals surface area (Å²) in [7, 11) is 0. The molecule has 21 atom stereocenters. The fraction of sp³-hybridized carbons (Fsp3) is 0.865. The maximum Gasteiger partial charge on any atom is 0.364 e. The van der Waals surface area contributed by atoms with Crippen LogP contribution in [0.15, 0.2) is 0 Å². The van der Waals surface area contributed by atoms with Crippen LogP contribution in [0.3, 0.4) is 0 Å². The highest BCUT2D eigenvalue weighted by atomic mass is 16.7. The number of ether oxygens (including phenoxy) is 1. The Kier molecular flexibility index (Phi) is 66.7. The van der Waals surface area contributed by atoms with Gasteiger partial charge < -0.3 is 201 Å². The van der Waals surface area contributed by atoms with Crippen molar-refractivity contribution in [2.45, 2.75) is 160 Å². The molecule has 0 aliphatic carbocycles. The van der Waals surface area contributed by atoms with Crippen LogP contribution in [0.25, 0.3) is 0 Å². The molecule has 46 heteroatoms. The molecule has 0 amide bonds. The minimum atomic E-state index is -2.70. The average Bonchev–Trinajstić information content (AvgIpc) is 0.786. The SMILES string of the molecule is CC(O)CN(CC(C)O)CC(C)O.NC(CO)(CO)CO.N[C@@H](C=O)[C@@H](O)[C@@H](O)[C@H](O)CO.N[C@@H](C=O)[C@@H](O)[C@H](O)[C@H](O)CO.N[C@H](C=O)[C@@H](O)[C@H](O)[C@H](O)CO.N[C@H]1[C@H]([C@H](O)[C@H](O)CO)O[C@](O)(C(=O)O)C[C@@H]1O.O=C(O)CN(CC(=O)O)CC(=O)O.OCCN(CCO)CCO. The second-order valence-corrected chi connectivity index (χ2v) is 21.5. The zero-order valence-corrected chi connectivity index (χ0v) is 54.3. The predicted octanol–water partition coefficient (Wildman–Crippen LogP) is -20.4. The van der Waals surface area contributed by atoms with Crippen LogP contribution < -0.4 is 28.7 Å². The number of aldehydes is 3. The highest BCUT2D eigenvalue weighted by molar-refractivity contribution is 5.76. The Morgan fingerprint density at radius 2 is 0.745 bits per heavy atom. The van der Waals surface area contributed by atoms with Gasteiger partial charge in [0.2, 0.25) is 0 Å². The molecule has 0 radical (unpaired) electrons. The summed E-state index contributed by atoms with van der Waals surface area (Å²) in [6.45, 7) is 2.35. The summed E-state index contributed by atoms with van der Waals surface area (Å²) in [5, 5.41) is 264. The third kappa shape index (κ3) is 52.5. The second-order valence-electron chi connectivity index (χ2n) is 21.5. The summed E-state index contributed by atoms with van der Waals surface area (Å²) in [6.07, 6.45) is -21.6. The molecule has 0 bridgehead atoms. The molecular weight excluding hydrogens is 1340 g/mol. The number of hydrogen-bond donors (Lipinski definition) is 35. The first-order valence-electron chi connectivity index (χ1n) is 29.1. The molecule has 0 aromatic heterocycles. The highest BCUT2D eigenvalue weighted by Crippen LogP contribution is 2.29. The summed E-state index contributed by atoms with van der Waals surface area (Å²) in [6, 6.07) is -5.00. The van der Waals surface area contributed by atoms with E-state index in [2.05, 4.69) is 0 Å². The van der Waals surface area contributed by atoms with Crippen molar-refractivity contribution in [2.75, 3.05) is 125 Å². The van der Waals surface area contributed by atoms with E-state index >= 15 is 0 Å². The minimum Gasteiger partial charge on any atom is -0.480 e. The molecule has 1 saturated heterocycles. The quantitative estimate of drug-likeness (QED) is 0.0253. The monoisotopic (exact) mass is 1460 g/mol. The van der Waals surface area contributed by atoms with Gasteiger partial charge >= 0.3 is 23.9 Å². The Morgan fingerprint density at radius 1 is 0.480 bits per heavy atom. The number of carboxylic acids is 4. The summed E-state index contributed by atoms with van der Waals surface area (Å²) in [4.78, 5) is 75.8. The lowest BCUT2D eigenvalue weighted by atomic mass is 9.89. The molecule has 1 heterocycles. The number of nitrogens with two attached hydrogens (primary N) is 5. The van der Waals surface area contributed by atoms with Crippen LogP contribution >= 0.6 is 0 Å².